The first kappa shape index (κ1) is 13.5. The monoisotopic (exact) mass is 241 g/mol. The molecule has 0 aliphatic heterocycles. The zero-order valence-electron chi connectivity index (χ0n) is 10.0. The van der Waals surface area contributed by atoms with Gasteiger partial charge in [-0.2, -0.15) is 11.8 Å². The molecule has 1 rings (SSSR count). The van der Waals surface area contributed by atoms with E-state index in [1.807, 2.05) is 17.8 Å². The lowest BCUT2D eigenvalue weighted by atomic mass is 10.1. The quantitative estimate of drug-likeness (QED) is 0.732. The molecule has 0 heterocycles. The summed E-state index contributed by atoms with van der Waals surface area (Å²) >= 11 is 1.88. The van der Waals surface area contributed by atoms with Gasteiger partial charge in [0.05, 0.1) is 0 Å². The number of rotatable bonds is 7. The average molecular weight is 241 g/mol. The highest BCUT2D eigenvalue weighted by Crippen LogP contribution is 2.13. The SMILES string of the molecule is CSCCCCN[C@H](C)c1cccc(F)c1. The number of nitrogens with one attached hydrogen (secondary N) is 1. The molecular weight excluding hydrogens is 221 g/mol. The Hall–Kier alpha value is -0.540. The summed E-state index contributed by atoms with van der Waals surface area (Å²) in [4.78, 5) is 0. The summed E-state index contributed by atoms with van der Waals surface area (Å²) < 4.78 is 13.0. The van der Waals surface area contributed by atoms with E-state index in [1.165, 1.54) is 24.7 Å². The van der Waals surface area contributed by atoms with E-state index in [0.717, 1.165) is 12.1 Å². The second-order valence-electron chi connectivity index (χ2n) is 3.93. The van der Waals surface area contributed by atoms with Crippen molar-refractivity contribution in [1.82, 2.24) is 5.32 Å². The molecule has 0 saturated carbocycles. The summed E-state index contributed by atoms with van der Waals surface area (Å²) in [5.41, 5.74) is 1.02. The van der Waals surface area contributed by atoms with Crippen LogP contribution in [-0.4, -0.2) is 18.6 Å². The van der Waals surface area contributed by atoms with Crippen LogP contribution in [0.5, 0.6) is 0 Å². The Labute approximate surface area is 102 Å². The van der Waals surface area contributed by atoms with Crippen LogP contribution in [0.1, 0.15) is 31.4 Å². The van der Waals surface area contributed by atoms with E-state index in [1.54, 1.807) is 12.1 Å². The molecule has 3 heteroatoms. The van der Waals surface area contributed by atoms with Crippen LogP contribution in [0, 0.1) is 5.82 Å². The van der Waals surface area contributed by atoms with E-state index in [4.69, 9.17) is 0 Å². The van der Waals surface area contributed by atoms with Crippen molar-refractivity contribution >= 4 is 11.8 Å². The summed E-state index contributed by atoms with van der Waals surface area (Å²) in [6.07, 6.45) is 4.55. The van der Waals surface area contributed by atoms with Gasteiger partial charge in [0, 0.05) is 6.04 Å². The van der Waals surface area contributed by atoms with Gasteiger partial charge in [0.25, 0.3) is 0 Å². The van der Waals surface area contributed by atoms with Gasteiger partial charge in [-0.25, -0.2) is 4.39 Å². The van der Waals surface area contributed by atoms with Crippen LogP contribution >= 0.6 is 11.8 Å². The number of benzene rings is 1. The van der Waals surface area contributed by atoms with Crippen molar-refractivity contribution in [3.63, 3.8) is 0 Å². The molecule has 90 valence electrons. The van der Waals surface area contributed by atoms with E-state index in [9.17, 15) is 4.39 Å². The molecule has 1 atom stereocenters. The summed E-state index contributed by atoms with van der Waals surface area (Å²) in [5, 5.41) is 3.41. The van der Waals surface area contributed by atoms with Crippen LogP contribution in [0.2, 0.25) is 0 Å². The molecule has 0 fully saturated rings. The van der Waals surface area contributed by atoms with Crippen molar-refractivity contribution in [1.29, 1.82) is 0 Å². The second-order valence-corrected chi connectivity index (χ2v) is 4.92. The summed E-state index contributed by atoms with van der Waals surface area (Å²) in [7, 11) is 0. The van der Waals surface area contributed by atoms with Crippen molar-refractivity contribution < 1.29 is 4.39 Å². The Morgan fingerprint density at radius 2 is 2.19 bits per heavy atom. The van der Waals surface area contributed by atoms with Gasteiger partial charge in [0.15, 0.2) is 0 Å². The highest BCUT2D eigenvalue weighted by molar-refractivity contribution is 7.98. The van der Waals surface area contributed by atoms with E-state index < -0.39 is 0 Å². The molecule has 0 aliphatic rings. The molecule has 0 amide bonds. The Balaban J connectivity index is 2.27. The van der Waals surface area contributed by atoms with E-state index in [-0.39, 0.29) is 11.9 Å². The van der Waals surface area contributed by atoms with Gasteiger partial charge < -0.3 is 5.32 Å². The Morgan fingerprint density at radius 1 is 1.38 bits per heavy atom. The number of hydrogen-bond acceptors (Lipinski definition) is 2. The Bertz CT molecular complexity index is 304. The van der Waals surface area contributed by atoms with Crippen LogP contribution < -0.4 is 5.32 Å². The predicted molar refractivity (Wildman–Crippen MR) is 70.4 cm³/mol. The van der Waals surface area contributed by atoms with Crippen molar-refractivity contribution in [3.8, 4) is 0 Å². The zero-order valence-corrected chi connectivity index (χ0v) is 10.8. The third-order valence-electron chi connectivity index (χ3n) is 2.57. The third-order valence-corrected chi connectivity index (χ3v) is 3.27. The highest BCUT2D eigenvalue weighted by atomic mass is 32.2. The summed E-state index contributed by atoms with van der Waals surface area (Å²) in [5.74, 6) is 1.06. The van der Waals surface area contributed by atoms with Crippen molar-refractivity contribution in [2.45, 2.75) is 25.8 Å². The molecule has 0 bridgehead atoms. The number of hydrogen-bond donors (Lipinski definition) is 1. The molecule has 0 aromatic heterocycles. The lowest BCUT2D eigenvalue weighted by Gasteiger charge is -2.14. The highest BCUT2D eigenvalue weighted by Gasteiger charge is 2.04. The minimum Gasteiger partial charge on any atom is -0.310 e. The third kappa shape index (κ3) is 4.99. The minimum atomic E-state index is -0.159. The van der Waals surface area contributed by atoms with Gasteiger partial charge in [-0.1, -0.05) is 12.1 Å². The number of halogens is 1. The lowest BCUT2D eigenvalue weighted by molar-refractivity contribution is 0.549. The van der Waals surface area contributed by atoms with Gasteiger partial charge >= 0.3 is 0 Å². The zero-order chi connectivity index (χ0) is 11.8. The van der Waals surface area contributed by atoms with Gasteiger partial charge in [0.2, 0.25) is 0 Å². The fourth-order valence-electron chi connectivity index (χ4n) is 1.58. The molecule has 0 saturated heterocycles. The largest absolute Gasteiger partial charge is 0.310 e. The predicted octanol–water partition coefficient (Wildman–Crippen LogP) is 3.62. The van der Waals surface area contributed by atoms with E-state index in [2.05, 4.69) is 18.5 Å². The second kappa shape index (κ2) is 7.69. The molecule has 0 spiro atoms. The number of unbranched alkanes of at least 4 members (excludes halogenated alkanes) is 1. The molecule has 1 aromatic rings. The minimum absolute atomic E-state index is 0.159. The van der Waals surface area contributed by atoms with E-state index in [0.29, 0.717) is 0 Å². The first-order valence-corrected chi connectivity index (χ1v) is 7.11. The molecule has 0 aliphatic carbocycles. The summed E-state index contributed by atoms with van der Waals surface area (Å²) in [6, 6.07) is 7.03. The first-order valence-electron chi connectivity index (χ1n) is 5.72. The smallest absolute Gasteiger partial charge is 0.123 e. The average Bonchev–Trinajstić information content (AvgIpc) is 2.28. The molecule has 16 heavy (non-hydrogen) atoms. The van der Waals surface area contributed by atoms with Crippen LogP contribution in [0.4, 0.5) is 4.39 Å². The van der Waals surface area contributed by atoms with Crippen LogP contribution in [0.3, 0.4) is 0 Å². The van der Waals surface area contributed by atoms with Gasteiger partial charge in [-0.3, -0.25) is 0 Å². The molecular formula is C13H20FNS. The van der Waals surface area contributed by atoms with Crippen LogP contribution in [-0.2, 0) is 0 Å². The van der Waals surface area contributed by atoms with Crippen molar-refractivity contribution in [2.75, 3.05) is 18.6 Å². The Morgan fingerprint density at radius 3 is 2.88 bits per heavy atom. The molecule has 1 N–H and O–H groups in total. The van der Waals surface area contributed by atoms with E-state index >= 15 is 0 Å². The van der Waals surface area contributed by atoms with Crippen LogP contribution in [0.15, 0.2) is 24.3 Å². The standard InChI is InChI=1S/C13H20FNS/c1-11(15-8-3-4-9-16-2)12-6-5-7-13(14)10-12/h5-7,10-11,15H,3-4,8-9H2,1-2H3/t11-/m1/s1. The molecule has 0 unspecified atom stereocenters. The number of thioether (sulfide) groups is 1. The lowest BCUT2D eigenvalue weighted by Crippen LogP contribution is -2.20. The van der Waals surface area contributed by atoms with Crippen LogP contribution in [0.25, 0.3) is 0 Å². The maximum absolute atomic E-state index is 13.0. The maximum atomic E-state index is 13.0. The first-order chi connectivity index (χ1) is 7.74. The van der Waals surface area contributed by atoms with Gasteiger partial charge in [0.1, 0.15) is 5.82 Å². The van der Waals surface area contributed by atoms with Gasteiger partial charge in [-0.15, -0.1) is 0 Å². The normalized spacial score (nSPS) is 12.7. The molecule has 1 aromatic carbocycles. The van der Waals surface area contributed by atoms with Crippen molar-refractivity contribution in [2.24, 2.45) is 0 Å². The fraction of sp³-hybridized carbons (Fsp3) is 0.538. The fourth-order valence-corrected chi connectivity index (χ4v) is 2.08. The van der Waals surface area contributed by atoms with Crippen molar-refractivity contribution in [3.05, 3.63) is 35.6 Å². The maximum Gasteiger partial charge on any atom is 0.123 e. The topological polar surface area (TPSA) is 12.0 Å². The summed E-state index contributed by atoms with van der Waals surface area (Å²) in [6.45, 7) is 3.07. The molecule has 1 nitrogen and oxygen atoms in total. The van der Waals surface area contributed by atoms with Gasteiger partial charge in [-0.05, 0) is 56.0 Å². The molecule has 0 radical (unpaired) electrons. The Kier molecular flexibility index (Phi) is 6.50.